The lowest BCUT2D eigenvalue weighted by Gasteiger charge is -2.06. The van der Waals surface area contributed by atoms with Gasteiger partial charge in [-0.1, -0.05) is 19.9 Å². The fourth-order valence-electron chi connectivity index (χ4n) is 2.37. The Bertz CT molecular complexity index is 793. The van der Waals surface area contributed by atoms with Gasteiger partial charge in [-0.05, 0) is 30.0 Å². The molecule has 0 radical (unpaired) electrons. The molecular weight excluding hydrogens is 276 g/mol. The molecule has 0 fully saturated rings. The molecule has 0 aliphatic carbocycles. The average Bonchev–Trinajstić information content (AvgIpc) is 2.96. The predicted molar refractivity (Wildman–Crippen MR) is 85.5 cm³/mol. The normalized spacial score (nSPS) is 11.2. The van der Waals surface area contributed by atoms with Crippen molar-refractivity contribution in [1.29, 1.82) is 0 Å². The average molecular weight is 294 g/mol. The van der Waals surface area contributed by atoms with Crippen LogP contribution in [0.15, 0.2) is 43.2 Å². The third kappa shape index (κ3) is 2.88. The first-order chi connectivity index (χ1) is 10.6. The van der Waals surface area contributed by atoms with E-state index < -0.39 is 0 Å². The Balaban J connectivity index is 1.91. The van der Waals surface area contributed by atoms with Gasteiger partial charge in [0.2, 0.25) is 5.91 Å². The maximum atomic E-state index is 12.3. The minimum absolute atomic E-state index is 0.0898. The fourth-order valence-corrected chi connectivity index (χ4v) is 2.37. The van der Waals surface area contributed by atoms with Crippen LogP contribution in [0.4, 0.5) is 0 Å². The lowest BCUT2D eigenvalue weighted by molar-refractivity contribution is 0.0900. The van der Waals surface area contributed by atoms with Crippen molar-refractivity contribution in [1.82, 2.24) is 19.5 Å². The van der Waals surface area contributed by atoms with Crippen LogP contribution in [-0.4, -0.2) is 25.4 Å². The molecule has 3 rings (SSSR count). The topological polar surface area (TPSA) is 60.7 Å². The van der Waals surface area contributed by atoms with E-state index in [0.29, 0.717) is 12.3 Å². The Morgan fingerprint density at radius 3 is 2.68 bits per heavy atom. The number of nitrogens with zero attached hydrogens (tertiary/aromatic N) is 4. The minimum Gasteiger partial charge on any atom is -0.274 e. The standard InChI is InChI=1S/C17H18N4O/c1-12(2)3-6-17(22)21-11-20-15-7-13(4-5-16(15)21)14-8-18-10-19-9-14/h4-5,7-12H,3,6H2,1-2H3. The van der Waals surface area contributed by atoms with Gasteiger partial charge >= 0.3 is 0 Å². The highest BCUT2D eigenvalue weighted by atomic mass is 16.2. The highest BCUT2D eigenvalue weighted by Gasteiger charge is 2.11. The van der Waals surface area contributed by atoms with E-state index >= 15 is 0 Å². The van der Waals surface area contributed by atoms with E-state index in [2.05, 4.69) is 28.8 Å². The summed E-state index contributed by atoms with van der Waals surface area (Å²) >= 11 is 0. The van der Waals surface area contributed by atoms with Gasteiger partial charge in [0.1, 0.15) is 12.7 Å². The summed E-state index contributed by atoms with van der Waals surface area (Å²) in [5.41, 5.74) is 3.58. The molecule has 2 heterocycles. The van der Waals surface area contributed by atoms with Crippen molar-refractivity contribution in [2.45, 2.75) is 26.7 Å². The van der Waals surface area contributed by atoms with Gasteiger partial charge < -0.3 is 0 Å². The van der Waals surface area contributed by atoms with Crippen LogP contribution in [-0.2, 0) is 0 Å². The third-order valence-corrected chi connectivity index (χ3v) is 3.65. The van der Waals surface area contributed by atoms with E-state index in [1.54, 1.807) is 23.3 Å². The third-order valence-electron chi connectivity index (χ3n) is 3.65. The molecule has 0 aliphatic rings. The van der Waals surface area contributed by atoms with Gasteiger partial charge in [0.15, 0.2) is 0 Å². The lowest BCUT2D eigenvalue weighted by Crippen LogP contribution is -2.10. The molecule has 0 amide bonds. The van der Waals surface area contributed by atoms with Crippen LogP contribution in [0.2, 0.25) is 0 Å². The van der Waals surface area contributed by atoms with Crippen molar-refractivity contribution in [3.63, 3.8) is 0 Å². The van der Waals surface area contributed by atoms with E-state index in [9.17, 15) is 4.79 Å². The summed E-state index contributed by atoms with van der Waals surface area (Å²) in [5.74, 6) is 0.607. The quantitative estimate of drug-likeness (QED) is 0.738. The maximum absolute atomic E-state index is 12.3. The largest absolute Gasteiger partial charge is 0.274 e. The number of carbonyl (C=O) groups excluding carboxylic acids is 1. The summed E-state index contributed by atoms with van der Waals surface area (Å²) in [6.45, 7) is 4.24. The van der Waals surface area contributed by atoms with Gasteiger partial charge in [0.25, 0.3) is 0 Å². The highest BCUT2D eigenvalue weighted by molar-refractivity contribution is 5.91. The number of fused-ring (bicyclic) bond motifs is 1. The summed E-state index contributed by atoms with van der Waals surface area (Å²) in [6.07, 6.45) is 8.07. The second kappa shape index (κ2) is 6.05. The first kappa shape index (κ1) is 14.4. The Morgan fingerprint density at radius 1 is 1.18 bits per heavy atom. The number of hydrogen-bond acceptors (Lipinski definition) is 4. The monoisotopic (exact) mass is 294 g/mol. The summed E-state index contributed by atoms with van der Waals surface area (Å²) < 4.78 is 1.64. The van der Waals surface area contributed by atoms with Gasteiger partial charge in [-0.25, -0.2) is 15.0 Å². The SMILES string of the molecule is CC(C)CCC(=O)n1cnc2cc(-c3cncnc3)ccc21. The lowest BCUT2D eigenvalue weighted by atomic mass is 10.1. The summed E-state index contributed by atoms with van der Waals surface area (Å²) in [7, 11) is 0. The van der Waals surface area contributed by atoms with E-state index in [0.717, 1.165) is 28.6 Å². The van der Waals surface area contributed by atoms with Gasteiger partial charge in [-0.2, -0.15) is 0 Å². The molecule has 0 saturated carbocycles. The van der Waals surface area contributed by atoms with Crippen molar-refractivity contribution in [3.05, 3.63) is 43.2 Å². The molecule has 0 aliphatic heterocycles. The zero-order chi connectivity index (χ0) is 15.5. The highest BCUT2D eigenvalue weighted by Crippen LogP contribution is 2.23. The number of carbonyl (C=O) groups is 1. The van der Waals surface area contributed by atoms with E-state index in [-0.39, 0.29) is 5.91 Å². The van der Waals surface area contributed by atoms with Crippen LogP contribution >= 0.6 is 0 Å². The first-order valence-electron chi connectivity index (χ1n) is 7.41. The second-order valence-corrected chi connectivity index (χ2v) is 5.77. The number of benzene rings is 1. The van der Waals surface area contributed by atoms with Gasteiger partial charge in [0.05, 0.1) is 11.0 Å². The zero-order valence-corrected chi connectivity index (χ0v) is 12.7. The number of aromatic nitrogens is 4. The van der Waals surface area contributed by atoms with Crippen LogP contribution in [0.3, 0.4) is 0 Å². The second-order valence-electron chi connectivity index (χ2n) is 5.77. The molecule has 22 heavy (non-hydrogen) atoms. The van der Waals surface area contributed by atoms with Gasteiger partial charge in [-0.15, -0.1) is 0 Å². The maximum Gasteiger partial charge on any atom is 0.232 e. The molecule has 0 N–H and O–H groups in total. The van der Waals surface area contributed by atoms with Crippen LogP contribution in [0, 0.1) is 5.92 Å². The molecule has 5 heteroatoms. The zero-order valence-electron chi connectivity index (χ0n) is 12.7. The first-order valence-corrected chi connectivity index (χ1v) is 7.41. The van der Waals surface area contributed by atoms with Crippen LogP contribution < -0.4 is 0 Å². The molecule has 1 aromatic carbocycles. The molecule has 3 aromatic rings. The van der Waals surface area contributed by atoms with Gasteiger partial charge in [0, 0.05) is 24.4 Å². The van der Waals surface area contributed by atoms with Crippen LogP contribution in [0.5, 0.6) is 0 Å². The van der Waals surface area contributed by atoms with E-state index in [1.165, 1.54) is 6.33 Å². The molecular formula is C17H18N4O. The summed E-state index contributed by atoms with van der Waals surface area (Å²) in [4.78, 5) is 24.7. The predicted octanol–water partition coefficient (Wildman–Crippen LogP) is 3.57. The molecule has 0 bridgehead atoms. The van der Waals surface area contributed by atoms with Gasteiger partial charge in [-0.3, -0.25) is 9.36 Å². The number of rotatable bonds is 4. The van der Waals surface area contributed by atoms with Crippen LogP contribution in [0.1, 0.15) is 31.5 Å². The molecule has 0 unspecified atom stereocenters. The molecule has 2 aromatic heterocycles. The van der Waals surface area contributed by atoms with Crippen LogP contribution in [0.25, 0.3) is 22.2 Å². The smallest absolute Gasteiger partial charge is 0.232 e. The Labute approximate surface area is 129 Å². The fraction of sp³-hybridized carbons (Fsp3) is 0.294. The van der Waals surface area contributed by atoms with Crippen molar-refractivity contribution in [2.75, 3.05) is 0 Å². The van der Waals surface area contributed by atoms with Crippen molar-refractivity contribution in [2.24, 2.45) is 5.92 Å². The summed E-state index contributed by atoms with van der Waals surface area (Å²) in [5, 5.41) is 0. The molecule has 0 spiro atoms. The minimum atomic E-state index is 0.0898. The molecule has 5 nitrogen and oxygen atoms in total. The number of hydrogen-bond donors (Lipinski definition) is 0. The Morgan fingerprint density at radius 2 is 1.95 bits per heavy atom. The van der Waals surface area contributed by atoms with E-state index in [4.69, 9.17) is 0 Å². The molecule has 112 valence electrons. The molecule has 0 atom stereocenters. The van der Waals surface area contributed by atoms with Crippen molar-refractivity contribution in [3.8, 4) is 11.1 Å². The van der Waals surface area contributed by atoms with E-state index in [1.807, 2.05) is 18.2 Å². The van der Waals surface area contributed by atoms with Crippen molar-refractivity contribution >= 4 is 16.9 Å². The Kier molecular flexibility index (Phi) is 3.96. The number of imidazole rings is 1. The Hall–Kier alpha value is -2.56. The van der Waals surface area contributed by atoms with Crippen molar-refractivity contribution < 1.29 is 4.79 Å². The summed E-state index contributed by atoms with van der Waals surface area (Å²) in [6, 6.07) is 5.85. The molecule has 0 saturated heterocycles.